The van der Waals surface area contributed by atoms with Crippen LogP contribution in [0.1, 0.15) is 32.3 Å². The maximum Gasteiger partial charge on any atom is 0.193 e. The van der Waals surface area contributed by atoms with Crippen molar-refractivity contribution >= 4 is 0 Å². The first-order valence-electron chi connectivity index (χ1n) is 6.98. The molecule has 0 unspecified atom stereocenters. The van der Waals surface area contributed by atoms with Crippen molar-refractivity contribution in [1.82, 2.24) is 5.32 Å². The molecule has 1 aromatic carbocycles. The Morgan fingerprint density at radius 2 is 1.90 bits per heavy atom. The zero-order chi connectivity index (χ0) is 14.5. The first-order valence-corrected chi connectivity index (χ1v) is 6.98. The molecule has 0 aliphatic heterocycles. The van der Waals surface area contributed by atoms with Crippen LogP contribution in [0.4, 0.5) is 8.78 Å². The van der Waals surface area contributed by atoms with Crippen molar-refractivity contribution < 1.29 is 18.3 Å². The first-order chi connectivity index (χ1) is 9.56. The quantitative estimate of drug-likeness (QED) is 0.587. The lowest BCUT2D eigenvalue weighted by atomic mass is 10.2. The summed E-state index contributed by atoms with van der Waals surface area (Å²) in [5, 5.41) is 3.11. The summed E-state index contributed by atoms with van der Waals surface area (Å²) in [6.07, 6.45) is 2.33. The maximum absolute atomic E-state index is 13.8. The summed E-state index contributed by atoms with van der Waals surface area (Å²) in [6.45, 7) is 4.85. The second kappa shape index (κ2) is 6.99. The Bertz CT molecular complexity index is 424. The van der Waals surface area contributed by atoms with E-state index in [1.807, 2.05) is 13.8 Å². The molecule has 5 heteroatoms. The Morgan fingerprint density at radius 3 is 2.45 bits per heavy atom. The van der Waals surface area contributed by atoms with Gasteiger partial charge in [0, 0.05) is 12.6 Å². The number of hydrogen-bond acceptors (Lipinski definition) is 3. The van der Waals surface area contributed by atoms with Crippen LogP contribution in [-0.4, -0.2) is 19.4 Å². The fraction of sp³-hybridized carbons (Fsp3) is 0.600. The predicted octanol–water partition coefficient (Wildman–Crippen LogP) is 3.23. The molecule has 1 fully saturated rings. The molecule has 0 heterocycles. The van der Waals surface area contributed by atoms with Crippen molar-refractivity contribution in [3.05, 3.63) is 29.3 Å². The molecule has 1 aliphatic rings. The molecule has 0 spiro atoms. The lowest BCUT2D eigenvalue weighted by Crippen LogP contribution is -2.22. The lowest BCUT2D eigenvalue weighted by Gasteiger charge is -2.12. The third-order valence-electron chi connectivity index (χ3n) is 3.11. The van der Waals surface area contributed by atoms with E-state index in [1.54, 1.807) is 0 Å². The summed E-state index contributed by atoms with van der Waals surface area (Å²) >= 11 is 0. The van der Waals surface area contributed by atoms with E-state index in [0.29, 0.717) is 24.6 Å². The Kier molecular flexibility index (Phi) is 5.31. The number of halogens is 2. The third-order valence-corrected chi connectivity index (χ3v) is 3.11. The number of rotatable bonds is 8. The number of nitrogens with one attached hydrogen (secondary N) is 1. The van der Waals surface area contributed by atoms with Gasteiger partial charge < -0.3 is 14.8 Å². The molecule has 1 N–H and O–H groups in total. The van der Waals surface area contributed by atoms with Crippen LogP contribution in [0.2, 0.25) is 0 Å². The van der Waals surface area contributed by atoms with Gasteiger partial charge in [0.05, 0.1) is 6.61 Å². The zero-order valence-corrected chi connectivity index (χ0v) is 11.9. The standard InChI is InChI=1S/C15H21F2NO2/c1-10(2)18-7-12-5-13(16)15(14(17)6-12)20-9-19-8-11-3-4-11/h5-6,10-11,18H,3-4,7-9H2,1-2H3. The molecule has 0 bridgehead atoms. The summed E-state index contributed by atoms with van der Waals surface area (Å²) in [5.74, 6) is -1.16. The normalized spacial score (nSPS) is 14.8. The highest BCUT2D eigenvalue weighted by molar-refractivity contribution is 5.31. The van der Waals surface area contributed by atoms with Crippen molar-refractivity contribution in [3.63, 3.8) is 0 Å². The van der Waals surface area contributed by atoms with Crippen LogP contribution in [0.5, 0.6) is 5.75 Å². The van der Waals surface area contributed by atoms with Crippen molar-refractivity contribution in [2.45, 2.75) is 39.3 Å². The molecule has 0 atom stereocenters. The summed E-state index contributed by atoms with van der Waals surface area (Å²) in [4.78, 5) is 0. The van der Waals surface area contributed by atoms with Crippen LogP contribution in [0.15, 0.2) is 12.1 Å². The van der Waals surface area contributed by atoms with Crippen molar-refractivity contribution in [2.24, 2.45) is 5.92 Å². The Labute approximate surface area is 118 Å². The Hall–Kier alpha value is -1.20. The van der Waals surface area contributed by atoms with Gasteiger partial charge in [-0.3, -0.25) is 0 Å². The van der Waals surface area contributed by atoms with Crippen LogP contribution in [0.25, 0.3) is 0 Å². The molecule has 3 nitrogen and oxygen atoms in total. The van der Waals surface area contributed by atoms with Gasteiger partial charge in [-0.1, -0.05) is 13.8 Å². The molecule has 1 aromatic rings. The van der Waals surface area contributed by atoms with Gasteiger partial charge in [0.2, 0.25) is 0 Å². The summed E-state index contributed by atoms with van der Waals surface area (Å²) in [6, 6.07) is 2.83. The van der Waals surface area contributed by atoms with Gasteiger partial charge in [-0.2, -0.15) is 0 Å². The van der Waals surface area contributed by atoms with Crippen LogP contribution in [0, 0.1) is 17.6 Å². The van der Waals surface area contributed by atoms with Gasteiger partial charge in [0.1, 0.15) is 0 Å². The van der Waals surface area contributed by atoms with Crippen LogP contribution < -0.4 is 10.1 Å². The fourth-order valence-electron chi connectivity index (χ4n) is 1.77. The third kappa shape index (κ3) is 4.72. The molecule has 0 amide bonds. The van der Waals surface area contributed by atoms with Gasteiger partial charge in [-0.25, -0.2) is 8.78 Å². The van der Waals surface area contributed by atoms with Gasteiger partial charge in [-0.05, 0) is 36.5 Å². The molecule has 0 radical (unpaired) electrons. The Morgan fingerprint density at radius 1 is 1.25 bits per heavy atom. The zero-order valence-electron chi connectivity index (χ0n) is 11.9. The van der Waals surface area contributed by atoms with Crippen molar-refractivity contribution in [3.8, 4) is 5.75 Å². The Balaban J connectivity index is 1.87. The molecule has 0 aromatic heterocycles. The maximum atomic E-state index is 13.8. The van der Waals surface area contributed by atoms with Crippen molar-refractivity contribution in [2.75, 3.05) is 13.4 Å². The number of benzene rings is 1. The lowest BCUT2D eigenvalue weighted by molar-refractivity contribution is 0.00570. The minimum Gasteiger partial charge on any atom is -0.461 e. The van der Waals surface area contributed by atoms with Crippen LogP contribution >= 0.6 is 0 Å². The highest BCUT2D eigenvalue weighted by atomic mass is 19.1. The second-order valence-corrected chi connectivity index (χ2v) is 5.50. The monoisotopic (exact) mass is 285 g/mol. The van der Waals surface area contributed by atoms with E-state index in [-0.39, 0.29) is 18.6 Å². The van der Waals surface area contributed by atoms with E-state index in [4.69, 9.17) is 9.47 Å². The average molecular weight is 285 g/mol. The summed E-state index contributed by atoms with van der Waals surface area (Å²) in [5.41, 5.74) is 0.556. The molecule has 1 aliphatic carbocycles. The SMILES string of the molecule is CC(C)NCc1cc(F)c(OCOCC2CC2)c(F)c1. The summed E-state index contributed by atoms with van der Waals surface area (Å²) < 4.78 is 37.8. The molecule has 0 saturated heterocycles. The van der Waals surface area contributed by atoms with E-state index in [2.05, 4.69) is 5.32 Å². The molecule has 1 saturated carbocycles. The van der Waals surface area contributed by atoms with E-state index in [9.17, 15) is 8.78 Å². The van der Waals surface area contributed by atoms with E-state index in [0.717, 1.165) is 0 Å². The molecule has 20 heavy (non-hydrogen) atoms. The molecular weight excluding hydrogens is 264 g/mol. The molecule has 112 valence electrons. The van der Waals surface area contributed by atoms with Crippen LogP contribution in [-0.2, 0) is 11.3 Å². The topological polar surface area (TPSA) is 30.5 Å². The predicted molar refractivity (Wildman–Crippen MR) is 72.5 cm³/mol. The molecule has 2 rings (SSSR count). The summed E-state index contributed by atoms with van der Waals surface area (Å²) in [7, 11) is 0. The van der Waals surface area contributed by atoms with Crippen molar-refractivity contribution in [1.29, 1.82) is 0 Å². The van der Waals surface area contributed by atoms with Gasteiger partial charge in [0.25, 0.3) is 0 Å². The largest absolute Gasteiger partial charge is 0.461 e. The van der Waals surface area contributed by atoms with E-state index < -0.39 is 11.6 Å². The van der Waals surface area contributed by atoms with E-state index in [1.165, 1.54) is 25.0 Å². The highest BCUT2D eigenvalue weighted by Gasteiger charge is 2.21. The smallest absolute Gasteiger partial charge is 0.193 e. The van der Waals surface area contributed by atoms with Gasteiger partial charge in [0.15, 0.2) is 24.2 Å². The molecular formula is C15H21F2NO2. The van der Waals surface area contributed by atoms with Crippen LogP contribution in [0.3, 0.4) is 0 Å². The number of ether oxygens (including phenoxy) is 2. The second-order valence-electron chi connectivity index (χ2n) is 5.50. The highest BCUT2D eigenvalue weighted by Crippen LogP contribution is 2.29. The number of hydrogen-bond donors (Lipinski definition) is 1. The minimum absolute atomic E-state index is 0.117. The fourth-order valence-corrected chi connectivity index (χ4v) is 1.77. The van der Waals surface area contributed by atoms with Gasteiger partial charge >= 0.3 is 0 Å². The van der Waals surface area contributed by atoms with E-state index >= 15 is 0 Å². The van der Waals surface area contributed by atoms with Gasteiger partial charge in [-0.15, -0.1) is 0 Å². The average Bonchev–Trinajstić information content (AvgIpc) is 3.18. The first kappa shape index (κ1) is 15.2. The minimum atomic E-state index is -0.694.